The van der Waals surface area contributed by atoms with Gasteiger partial charge >= 0.3 is 6.18 Å². The Balaban J connectivity index is 2.09. The summed E-state index contributed by atoms with van der Waals surface area (Å²) in [6.45, 7) is 1.99. The standard InChI is InChI=1S/C15H11F3N2OS/c1-2-22-14-10(4-3-7-19-14)13-20-11-8-9(15(16,17)18)5-6-12(11)21-13/h3-8H,2H2,1H3. The van der Waals surface area contributed by atoms with Gasteiger partial charge in [-0.05, 0) is 36.1 Å². The lowest BCUT2D eigenvalue weighted by Gasteiger charge is -2.04. The normalized spacial score (nSPS) is 12.0. The zero-order valence-corrected chi connectivity index (χ0v) is 12.3. The topological polar surface area (TPSA) is 38.9 Å². The minimum Gasteiger partial charge on any atom is -0.436 e. The summed E-state index contributed by atoms with van der Waals surface area (Å²) < 4.78 is 43.8. The van der Waals surface area contributed by atoms with Gasteiger partial charge in [-0.3, -0.25) is 0 Å². The molecule has 0 aliphatic rings. The number of hydrogen-bond acceptors (Lipinski definition) is 4. The number of benzene rings is 1. The Kier molecular flexibility index (Phi) is 3.82. The van der Waals surface area contributed by atoms with E-state index in [9.17, 15) is 13.2 Å². The van der Waals surface area contributed by atoms with Crippen molar-refractivity contribution in [1.29, 1.82) is 0 Å². The molecule has 1 aromatic carbocycles. The molecule has 0 N–H and O–H groups in total. The summed E-state index contributed by atoms with van der Waals surface area (Å²) in [5, 5.41) is 0.743. The van der Waals surface area contributed by atoms with E-state index in [1.807, 2.05) is 6.92 Å². The first-order valence-corrected chi connectivity index (χ1v) is 7.53. The quantitative estimate of drug-likeness (QED) is 0.634. The second-order valence-corrected chi connectivity index (χ2v) is 5.74. The molecule has 3 rings (SSSR count). The maximum atomic E-state index is 12.7. The summed E-state index contributed by atoms with van der Waals surface area (Å²) in [6.07, 6.45) is -2.74. The van der Waals surface area contributed by atoms with Crippen molar-refractivity contribution in [3.8, 4) is 11.5 Å². The highest BCUT2D eigenvalue weighted by atomic mass is 32.2. The van der Waals surface area contributed by atoms with E-state index in [1.165, 1.54) is 17.8 Å². The fraction of sp³-hybridized carbons (Fsp3) is 0.200. The number of rotatable bonds is 3. The third kappa shape index (κ3) is 2.81. The van der Waals surface area contributed by atoms with Crippen molar-refractivity contribution in [2.45, 2.75) is 18.1 Å². The Morgan fingerprint density at radius 2 is 2.05 bits per heavy atom. The molecule has 0 bridgehead atoms. The maximum Gasteiger partial charge on any atom is 0.416 e. The predicted octanol–water partition coefficient (Wildman–Crippen LogP) is 5.02. The third-order valence-corrected chi connectivity index (χ3v) is 3.88. The number of fused-ring (bicyclic) bond motifs is 1. The molecule has 3 aromatic rings. The first-order valence-electron chi connectivity index (χ1n) is 6.55. The van der Waals surface area contributed by atoms with Gasteiger partial charge in [-0.25, -0.2) is 9.97 Å². The molecule has 0 unspecified atom stereocenters. The van der Waals surface area contributed by atoms with Crippen molar-refractivity contribution in [1.82, 2.24) is 9.97 Å². The van der Waals surface area contributed by atoms with E-state index in [0.717, 1.165) is 22.9 Å². The molecule has 7 heteroatoms. The molecule has 3 nitrogen and oxygen atoms in total. The monoisotopic (exact) mass is 324 g/mol. The molecule has 0 aliphatic carbocycles. The fourth-order valence-electron chi connectivity index (χ4n) is 2.02. The summed E-state index contributed by atoms with van der Waals surface area (Å²) in [7, 11) is 0. The molecule has 0 aliphatic heterocycles. The molecular weight excluding hydrogens is 313 g/mol. The lowest BCUT2D eigenvalue weighted by atomic mass is 10.2. The lowest BCUT2D eigenvalue weighted by Crippen LogP contribution is -2.03. The number of halogens is 3. The summed E-state index contributed by atoms with van der Waals surface area (Å²) in [5.74, 6) is 1.10. The van der Waals surface area contributed by atoms with Gasteiger partial charge in [0.05, 0.1) is 11.1 Å². The molecule has 22 heavy (non-hydrogen) atoms. The van der Waals surface area contributed by atoms with Crippen LogP contribution in [0.15, 0.2) is 46.0 Å². The van der Waals surface area contributed by atoms with Crippen LogP contribution in [-0.2, 0) is 6.18 Å². The fourth-order valence-corrected chi connectivity index (χ4v) is 2.74. The highest BCUT2D eigenvalue weighted by molar-refractivity contribution is 7.99. The van der Waals surface area contributed by atoms with Crippen molar-refractivity contribution in [2.75, 3.05) is 5.75 Å². The molecule has 114 valence electrons. The number of oxazole rings is 1. The van der Waals surface area contributed by atoms with E-state index < -0.39 is 11.7 Å². The third-order valence-electron chi connectivity index (χ3n) is 3.00. The summed E-state index contributed by atoms with van der Waals surface area (Å²) in [4.78, 5) is 8.43. The van der Waals surface area contributed by atoms with Gasteiger partial charge < -0.3 is 4.42 Å². The van der Waals surface area contributed by atoms with E-state index in [1.54, 1.807) is 18.3 Å². The van der Waals surface area contributed by atoms with Crippen molar-refractivity contribution >= 4 is 22.9 Å². The van der Waals surface area contributed by atoms with Gasteiger partial charge in [0.2, 0.25) is 5.89 Å². The van der Waals surface area contributed by atoms with Crippen LogP contribution in [0.2, 0.25) is 0 Å². The second kappa shape index (κ2) is 5.64. The first-order chi connectivity index (χ1) is 10.5. The van der Waals surface area contributed by atoms with Crippen LogP contribution in [0.3, 0.4) is 0 Å². The highest BCUT2D eigenvalue weighted by Crippen LogP contribution is 2.34. The van der Waals surface area contributed by atoms with Gasteiger partial charge in [-0.1, -0.05) is 6.92 Å². The predicted molar refractivity (Wildman–Crippen MR) is 78.6 cm³/mol. The van der Waals surface area contributed by atoms with E-state index in [4.69, 9.17) is 4.42 Å². The van der Waals surface area contributed by atoms with Gasteiger partial charge in [0, 0.05) is 6.20 Å². The molecule has 0 saturated carbocycles. The average Bonchev–Trinajstić information content (AvgIpc) is 2.90. The number of thioether (sulfide) groups is 1. The second-order valence-electron chi connectivity index (χ2n) is 4.49. The molecule has 0 radical (unpaired) electrons. The Hall–Kier alpha value is -2.02. The lowest BCUT2D eigenvalue weighted by molar-refractivity contribution is -0.137. The molecule has 2 heterocycles. The number of hydrogen-bond donors (Lipinski definition) is 0. The smallest absolute Gasteiger partial charge is 0.416 e. The largest absolute Gasteiger partial charge is 0.436 e. The van der Waals surface area contributed by atoms with Gasteiger partial charge in [0.15, 0.2) is 5.58 Å². The zero-order valence-electron chi connectivity index (χ0n) is 11.5. The van der Waals surface area contributed by atoms with Crippen LogP contribution >= 0.6 is 11.8 Å². The number of alkyl halides is 3. The highest BCUT2D eigenvalue weighted by Gasteiger charge is 2.31. The molecule has 0 amide bonds. The van der Waals surface area contributed by atoms with Crippen molar-refractivity contribution in [3.05, 3.63) is 42.1 Å². The van der Waals surface area contributed by atoms with E-state index in [0.29, 0.717) is 11.1 Å². The molecule has 0 saturated heterocycles. The Morgan fingerprint density at radius 1 is 1.23 bits per heavy atom. The molecule has 0 atom stereocenters. The Morgan fingerprint density at radius 3 is 2.77 bits per heavy atom. The van der Waals surface area contributed by atoms with Crippen LogP contribution in [0.1, 0.15) is 12.5 Å². The van der Waals surface area contributed by atoms with Gasteiger partial charge in [-0.15, -0.1) is 11.8 Å². The Bertz CT molecular complexity index is 814. The molecule has 0 spiro atoms. The van der Waals surface area contributed by atoms with Gasteiger partial charge in [0.25, 0.3) is 0 Å². The minimum atomic E-state index is -4.40. The summed E-state index contributed by atoms with van der Waals surface area (Å²) in [5.41, 5.74) is 0.439. The van der Waals surface area contributed by atoms with Gasteiger partial charge in [0.1, 0.15) is 10.5 Å². The number of aromatic nitrogens is 2. The van der Waals surface area contributed by atoms with Crippen molar-refractivity contribution < 1.29 is 17.6 Å². The molecule has 2 aromatic heterocycles. The van der Waals surface area contributed by atoms with Crippen LogP contribution in [0, 0.1) is 0 Å². The van der Waals surface area contributed by atoms with E-state index in [-0.39, 0.29) is 11.4 Å². The number of nitrogens with zero attached hydrogens (tertiary/aromatic N) is 2. The summed E-state index contributed by atoms with van der Waals surface area (Å²) in [6, 6.07) is 6.80. The van der Waals surface area contributed by atoms with Crippen LogP contribution in [0.4, 0.5) is 13.2 Å². The van der Waals surface area contributed by atoms with Crippen molar-refractivity contribution in [2.24, 2.45) is 0 Å². The first kappa shape index (κ1) is 14.9. The van der Waals surface area contributed by atoms with Crippen LogP contribution in [-0.4, -0.2) is 15.7 Å². The maximum absolute atomic E-state index is 12.7. The Labute approximate surface area is 128 Å². The van der Waals surface area contributed by atoms with Gasteiger partial charge in [-0.2, -0.15) is 13.2 Å². The van der Waals surface area contributed by atoms with Crippen LogP contribution in [0.5, 0.6) is 0 Å². The minimum absolute atomic E-state index is 0.182. The van der Waals surface area contributed by atoms with Crippen LogP contribution < -0.4 is 0 Å². The molecular formula is C15H11F3N2OS. The number of pyridine rings is 1. The zero-order chi connectivity index (χ0) is 15.7. The summed E-state index contributed by atoms with van der Waals surface area (Å²) >= 11 is 1.52. The van der Waals surface area contributed by atoms with E-state index >= 15 is 0 Å². The van der Waals surface area contributed by atoms with Crippen LogP contribution in [0.25, 0.3) is 22.6 Å². The SMILES string of the molecule is CCSc1ncccc1-c1nc2cc(C(F)(F)F)ccc2o1. The van der Waals surface area contributed by atoms with Crippen molar-refractivity contribution in [3.63, 3.8) is 0 Å². The molecule has 0 fully saturated rings. The average molecular weight is 324 g/mol. The van der Waals surface area contributed by atoms with E-state index in [2.05, 4.69) is 9.97 Å².